The second-order valence-corrected chi connectivity index (χ2v) is 6.30. The lowest BCUT2D eigenvalue weighted by atomic mass is 10.0. The maximum atomic E-state index is 13.3. The largest absolute Gasteiger partial charge is 0.452 e. The summed E-state index contributed by atoms with van der Waals surface area (Å²) in [6.45, 7) is 3.22. The van der Waals surface area contributed by atoms with Crippen LogP contribution in [0.25, 0.3) is 6.08 Å². The van der Waals surface area contributed by atoms with Crippen molar-refractivity contribution in [2.24, 2.45) is 0 Å². The van der Waals surface area contributed by atoms with Crippen LogP contribution < -0.4 is 9.47 Å². The van der Waals surface area contributed by atoms with Crippen LogP contribution in [0.1, 0.15) is 28.4 Å². The van der Waals surface area contributed by atoms with Crippen LogP contribution >= 0.6 is 11.6 Å². The topological polar surface area (TPSA) is 52.6 Å². The fourth-order valence-corrected chi connectivity index (χ4v) is 2.53. The lowest BCUT2D eigenvalue weighted by Gasteiger charge is -2.08. The van der Waals surface area contributed by atoms with Crippen molar-refractivity contribution in [2.75, 3.05) is 0 Å². The van der Waals surface area contributed by atoms with Crippen molar-refractivity contribution >= 4 is 29.4 Å². The molecular formula is C19H14ClFO4. The van der Waals surface area contributed by atoms with Gasteiger partial charge in [-0.2, -0.15) is 0 Å². The van der Waals surface area contributed by atoms with Crippen LogP contribution in [-0.4, -0.2) is 17.1 Å². The van der Waals surface area contributed by atoms with Gasteiger partial charge in [-0.15, -0.1) is 11.6 Å². The highest BCUT2D eigenvalue weighted by molar-refractivity contribution is 6.29. The minimum absolute atomic E-state index is 0.0814. The third kappa shape index (κ3) is 3.56. The summed E-state index contributed by atoms with van der Waals surface area (Å²) in [5.41, 5.74) is 1.51. The number of allylic oxidation sites excluding steroid dienone is 1. The molecule has 2 aromatic rings. The summed E-state index contributed by atoms with van der Waals surface area (Å²) in [6, 6.07) is 8.86. The molecule has 2 aromatic carbocycles. The van der Waals surface area contributed by atoms with Gasteiger partial charge >= 0.3 is 5.97 Å². The molecule has 1 aliphatic heterocycles. The van der Waals surface area contributed by atoms with E-state index in [1.54, 1.807) is 25.1 Å². The minimum Gasteiger partial charge on any atom is -0.452 e. The van der Waals surface area contributed by atoms with E-state index in [0.717, 1.165) is 0 Å². The molecule has 0 amide bonds. The first-order valence-electron chi connectivity index (χ1n) is 7.55. The minimum atomic E-state index is -0.792. The smallest absolute Gasteiger partial charge is 0.329 e. The second-order valence-electron chi connectivity index (χ2n) is 5.65. The van der Waals surface area contributed by atoms with E-state index in [1.807, 2.05) is 0 Å². The molecule has 0 aliphatic carbocycles. The van der Waals surface area contributed by atoms with Crippen molar-refractivity contribution in [1.29, 1.82) is 0 Å². The monoisotopic (exact) mass is 360 g/mol. The SMILES string of the molecule is Cc1cc(OC(=O)C(C)Cl)cc2c1C(=O)/C(=C/c1cccc(F)c1)O2. The molecule has 0 saturated carbocycles. The number of ether oxygens (including phenoxy) is 2. The molecule has 0 saturated heterocycles. The van der Waals surface area contributed by atoms with Crippen LogP contribution in [0.2, 0.25) is 0 Å². The van der Waals surface area contributed by atoms with Crippen molar-refractivity contribution in [3.05, 3.63) is 64.7 Å². The van der Waals surface area contributed by atoms with Crippen molar-refractivity contribution in [3.63, 3.8) is 0 Å². The second kappa shape index (κ2) is 6.69. The van der Waals surface area contributed by atoms with Crippen LogP contribution in [0.3, 0.4) is 0 Å². The number of halogens is 2. The van der Waals surface area contributed by atoms with Crippen LogP contribution in [-0.2, 0) is 4.79 Å². The number of carbonyl (C=O) groups excluding carboxylic acids is 2. The summed E-state index contributed by atoms with van der Waals surface area (Å²) in [4.78, 5) is 24.1. The van der Waals surface area contributed by atoms with E-state index >= 15 is 0 Å². The zero-order chi connectivity index (χ0) is 18.1. The standard InChI is InChI=1S/C19H14ClFO4/c1-10-6-14(24-19(23)11(2)20)9-15-17(10)18(22)16(25-15)8-12-4-3-5-13(21)7-12/h3-9,11H,1-2H3/b16-8-. The van der Waals surface area contributed by atoms with Gasteiger partial charge in [0, 0.05) is 6.07 Å². The summed E-state index contributed by atoms with van der Waals surface area (Å²) in [6.07, 6.45) is 1.47. The number of esters is 1. The Morgan fingerprint density at radius 3 is 2.76 bits per heavy atom. The molecule has 0 radical (unpaired) electrons. The Morgan fingerprint density at radius 2 is 2.08 bits per heavy atom. The maximum absolute atomic E-state index is 13.3. The van der Waals surface area contributed by atoms with Gasteiger partial charge < -0.3 is 9.47 Å². The number of hydrogen-bond donors (Lipinski definition) is 0. The van der Waals surface area contributed by atoms with Crippen molar-refractivity contribution in [1.82, 2.24) is 0 Å². The van der Waals surface area contributed by atoms with E-state index in [0.29, 0.717) is 16.7 Å². The Morgan fingerprint density at radius 1 is 1.32 bits per heavy atom. The van der Waals surface area contributed by atoms with Crippen LogP contribution in [0.15, 0.2) is 42.2 Å². The molecule has 3 rings (SSSR count). The van der Waals surface area contributed by atoms with Gasteiger partial charge in [-0.3, -0.25) is 9.59 Å². The molecule has 0 aromatic heterocycles. The van der Waals surface area contributed by atoms with E-state index in [2.05, 4.69) is 0 Å². The van der Waals surface area contributed by atoms with E-state index in [9.17, 15) is 14.0 Å². The first kappa shape index (κ1) is 17.2. The van der Waals surface area contributed by atoms with Crippen molar-refractivity contribution in [3.8, 4) is 11.5 Å². The first-order valence-corrected chi connectivity index (χ1v) is 7.99. The third-order valence-electron chi connectivity index (χ3n) is 3.63. The number of fused-ring (bicyclic) bond motifs is 1. The van der Waals surface area contributed by atoms with E-state index < -0.39 is 17.2 Å². The normalized spacial score (nSPS) is 15.7. The number of rotatable bonds is 3. The van der Waals surface area contributed by atoms with Crippen LogP contribution in [0.4, 0.5) is 4.39 Å². The molecule has 0 spiro atoms. The van der Waals surface area contributed by atoms with Gasteiger partial charge in [-0.05, 0) is 49.2 Å². The van der Waals surface area contributed by atoms with Crippen molar-refractivity contribution in [2.45, 2.75) is 19.2 Å². The Labute approximate surface area is 148 Å². The molecule has 128 valence electrons. The highest BCUT2D eigenvalue weighted by Gasteiger charge is 2.30. The van der Waals surface area contributed by atoms with Gasteiger partial charge in [0.15, 0.2) is 5.76 Å². The fourth-order valence-electron chi connectivity index (χ4n) is 2.48. The number of ketones is 1. The summed E-state index contributed by atoms with van der Waals surface area (Å²) in [5, 5.41) is -0.792. The molecule has 4 nitrogen and oxygen atoms in total. The highest BCUT2D eigenvalue weighted by Crippen LogP contribution is 2.37. The number of aryl methyl sites for hydroxylation is 1. The average molecular weight is 361 g/mol. The van der Waals surface area contributed by atoms with Gasteiger partial charge in [0.05, 0.1) is 5.56 Å². The highest BCUT2D eigenvalue weighted by atomic mass is 35.5. The predicted molar refractivity (Wildman–Crippen MR) is 91.5 cm³/mol. The third-order valence-corrected chi connectivity index (χ3v) is 3.81. The lowest BCUT2D eigenvalue weighted by molar-refractivity contribution is -0.133. The molecule has 0 N–H and O–H groups in total. The number of Topliss-reactive ketones (excluding diaryl/α,β-unsaturated/α-hetero) is 1. The van der Waals surface area contributed by atoms with E-state index in [1.165, 1.54) is 31.2 Å². The van der Waals surface area contributed by atoms with E-state index in [4.69, 9.17) is 21.1 Å². The summed E-state index contributed by atoms with van der Waals surface area (Å²) < 4.78 is 24.0. The van der Waals surface area contributed by atoms with Gasteiger partial charge in [-0.25, -0.2) is 4.39 Å². The quantitative estimate of drug-likeness (QED) is 0.355. The molecular weight excluding hydrogens is 347 g/mol. The Balaban J connectivity index is 1.93. The number of hydrogen-bond acceptors (Lipinski definition) is 4. The average Bonchev–Trinajstić information content (AvgIpc) is 2.83. The number of alkyl halides is 1. The van der Waals surface area contributed by atoms with Gasteiger partial charge in [0.25, 0.3) is 0 Å². The molecule has 0 bridgehead atoms. The van der Waals surface area contributed by atoms with Gasteiger partial charge in [-0.1, -0.05) is 12.1 Å². The zero-order valence-corrected chi connectivity index (χ0v) is 14.3. The van der Waals surface area contributed by atoms with Crippen LogP contribution in [0.5, 0.6) is 11.5 Å². The molecule has 1 atom stereocenters. The molecule has 1 unspecified atom stereocenters. The first-order chi connectivity index (χ1) is 11.8. The molecule has 25 heavy (non-hydrogen) atoms. The Hall–Kier alpha value is -2.66. The summed E-state index contributed by atoms with van der Waals surface area (Å²) in [7, 11) is 0. The number of benzene rings is 2. The molecule has 1 aliphatic rings. The molecule has 1 heterocycles. The van der Waals surface area contributed by atoms with Gasteiger partial charge in [0.2, 0.25) is 5.78 Å². The predicted octanol–water partition coefficient (Wildman–Crippen LogP) is 4.28. The Bertz CT molecular complexity index is 902. The maximum Gasteiger partial charge on any atom is 0.329 e. The molecule has 0 fully saturated rings. The van der Waals surface area contributed by atoms with Gasteiger partial charge in [0.1, 0.15) is 22.7 Å². The zero-order valence-electron chi connectivity index (χ0n) is 13.5. The summed E-state index contributed by atoms with van der Waals surface area (Å²) in [5.74, 6) is -0.691. The molecule has 6 heteroatoms. The fraction of sp³-hybridized carbons (Fsp3) is 0.158. The lowest BCUT2D eigenvalue weighted by Crippen LogP contribution is -2.17. The number of carbonyl (C=O) groups is 2. The van der Waals surface area contributed by atoms with Crippen molar-refractivity contribution < 1.29 is 23.5 Å². The van der Waals surface area contributed by atoms with E-state index in [-0.39, 0.29) is 23.0 Å². The Kier molecular flexibility index (Phi) is 4.59. The summed E-state index contributed by atoms with van der Waals surface area (Å²) >= 11 is 5.68. The van der Waals surface area contributed by atoms with Crippen LogP contribution in [0, 0.1) is 12.7 Å².